The van der Waals surface area contributed by atoms with Gasteiger partial charge in [0.15, 0.2) is 0 Å². The summed E-state index contributed by atoms with van der Waals surface area (Å²) in [5, 5.41) is 0. The lowest BCUT2D eigenvalue weighted by molar-refractivity contribution is 0.242. The summed E-state index contributed by atoms with van der Waals surface area (Å²) in [6, 6.07) is 0. The summed E-state index contributed by atoms with van der Waals surface area (Å²) in [5.41, 5.74) is 5.48. The van der Waals surface area contributed by atoms with Gasteiger partial charge in [0, 0.05) is 0 Å². The highest BCUT2D eigenvalue weighted by Crippen LogP contribution is 2.11. The maximum absolute atomic E-state index is 5.48. The lowest BCUT2D eigenvalue weighted by Gasteiger charge is -2.24. The van der Waals surface area contributed by atoms with Crippen LogP contribution in [0.3, 0.4) is 0 Å². The van der Waals surface area contributed by atoms with Crippen LogP contribution in [-0.2, 0) is 0 Å². The quantitative estimate of drug-likeness (QED) is 0.676. The Kier molecular flexibility index (Phi) is 8.83. The number of unbranched alkanes of at least 4 members (excludes halogenated alkanes) is 4. The topological polar surface area (TPSA) is 29.3 Å². The van der Waals surface area contributed by atoms with Crippen molar-refractivity contribution in [3.63, 3.8) is 0 Å². The Morgan fingerprint density at radius 1 is 0.688 bits per heavy atom. The van der Waals surface area contributed by atoms with Gasteiger partial charge in [0.2, 0.25) is 0 Å². The lowest BCUT2D eigenvalue weighted by Crippen LogP contribution is -2.28. The highest BCUT2D eigenvalue weighted by atomic mass is 15.1. The van der Waals surface area contributed by atoms with Gasteiger partial charge in [-0.15, -0.1) is 0 Å². The van der Waals surface area contributed by atoms with Gasteiger partial charge in [-0.3, -0.25) is 0 Å². The minimum atomic E-state index is 0.867. The number of nitrogens with two attached hydrogens (primary N) is 1. The van der Waals surface area contributed by atoms with Crippen molar-refractivity contribution in [2.75, 3.05) is 26.2 Å². The highest BCUT2D eigenvalue weighted by Gasteiger charge is 2.06. The molecule has 2 nitrogen and oxygen atoms in total. The van der Waals surface area contributed by atoms with E-state index in [1.165, 1.54) is 83.8 Å². The zero-order chi connectivity index (χ0) is 11.5. The third-order valence-corrected chi connectivity index (χ3v) is 3.63. The zero-order valence-electron chi connectivity index (χ0n) is 10.9. The van der Waals surface area contributed by atoms with E-state index in [0.717, 1.165) is 6.54 Å². The van der Waals surface area contributed by atoms with Gasteiger partial charge in [-0.2, -0.15) is 0 Å². The summed E-state index contributed by atoms with van der Waals surface area (Å²) in [4.78, 5) is 2.68. The van der Waals surface area contributed by atoms with E-state index >= 15 is 0 Å². The molecular weight excluding hydrogens is 196 g/mol. The number of hydrogen-bond acceptors (Lipinski definition) is 2. The number of rotatable bonds is 7. The molecule has 0 aromatic carbocycles. The Hall–Kier alpha value is -0.0800. The molecular formula is C14H30N2. The van der Waals surface area contributed by atoms with Crippen LogP contribution in [0.2, 0.25) is 0 Å². The average molecular weight is 226 g/mol. The van der Waals surface area contributed by atoms with Crippen molar-refractivity contribution in [2.24, 2.45) is 5.73 Å². The first-order valence-electron chi connectivity index (χ1n) is 7.36. The van der Waals surface area contributed by atoms with Crippen LogP contribution in [0.1, 0.15) is 64.2 Å². The molecule has 1 aliphatic heterocycles. The van der Waals surface area contributed by atoms with Gasteiger partial charge < -0.3 is 10.6 Å². The zero-order valence-corrected chi connectivity index (χ0v) is 10.9. The predicted molar refractivity (Wildman–Crippen MR) is 71.7 cm³/mol. The fourth-order valence-corrected chi connectivity index (χ4v) is 2.55. The standard InChI is InChI=1S/C14H30N2/c15-11-7-3-1-4-8-12-16-13-9-5-2-6-10-14-16/h1-15H2. The molecule has 1 heterocycles. The van der Waals surface area contributed by atoms with Gasteiger partial charge in [-0.05, 0) is 51.9 Å². The minimum Gasteiger partial charge on any atom is -0.330 e. The Morgan fingerprint density at radius 2 is 1.25 bits per heavy atom. The van der Waals surface area contributed by atoms with Crippen molar-refractivity contribution in [3.05, 3.63) is 0 Å². The second-order valence-corrected chi connectivity index (χ2v) is 5.17. The lowest BCUT2D eigenvalue weighted by atomic mass is 10.1. The van der Waals surface area contributed by atoms with E-state index in [1.807, 2.05) is 0 Å². The van der Waals surface area contributed by atoms with Crippen molar-refractivity contribution in [1.29, 1.82) is 0 Å². The first kappa shape index (κ1) is 14.0. The van der Waals surface area contributed by atoms with Crippen LogP contribution in [-0.4, -0.2) is 31.1 Å². The van der Waals surface area contributed by atoms with Gasteiger partial charge in [-0.25, -0.2) is 0 Å². The second kappa shape index (κ2) is 10.1. The number of hydrogen-bond donors (Lipinski definition) is 1. The van der Waals surface area contributed by atoms with Crippen molar-refractivity contribution in [1.82, 2.24) is 4.90 Å². The van der Waals surface area contributed by atoms with Crippen LogP contribution >= 0.6 is 0 Å². The van der Waals surface area contributed by atoms with E-state index in [-0.39, 0.29) is 0 Å². The SMILES string of the molecule is NCCCCCCCN1CCCCCCC1. The van der Waals surface area contributed by atoms with Gasteiger partial charge in [0.05, 0.1) is 0 Å². The fraction of sp³-hybridized carbons (Fsp3) is 1.00. The van der Waals surface area contributed by atoms with Crippen LogP contribution in [0, 0.1) is 0 Å². The van der Waals surface area contributed by atoms with Crippen LogP contribution in [0.25, 0.3) is 0 Å². The van der Waals surface area contributed by atoms with Crippen LogP contribution in [0.4, 0.5) is 0 Å². The molecule has 0 unspecified atom stereocenters. The largest absolute Gasteiger partial charge is 0.330 e. The molecule has 0 spiro atoms. The molecule has 2 heteroatoms. The van der Waals surface area contributed by atoms with Crippen molar-refractivity contribution in [2.45, 2.75) is 64.2 Å². The molecule has 1 aliphatic rings. The van der Waals surface area contributed by atoms with Crippen LogP contribution < -0.4 is 5.73 Å². The minimum absolute atomic E-state index is 0.867. The molecule has 0 atom stereocenters. The normalized spacial score (nSPS) is 19.3. The first-order chi connectivity index (χ1) is 7.93. The Balaban J connectivity index is 1.93. The van der Waals surface area contributed by atoms with E-state index in [1.54, 1.807) is 0 Å². The molecule has 0 amide bonds. The van der Waals surface area contributed by atoms with Crippen molar-refractivity contribution < 1.29 is 0 Å². The maximum atomic E-state index is 5.48. The predicted octanol–water partition coefficient (Wildman–Crippen LogP) is 3.16. The van der Waals surface area contributed by atoms with Gasteiger partial charge in [-0.1, -0.05) is 38.5 Å². The summed E-state index contributed by atoms with van der Waals surface area (Å²) < 4.78 is 0. The maximum Gasteiger partial charge on any atom is -0.00187 e. The van der Waals surface area contributed by atoms with Crippen molar-refractivity contribution in [3.8, 4) is 0 Å². The third kappa shape index (κ3) is 7.24. The molecule has 0 aromatic rings. The summed E-state index contributed by atoms with van der Waals surface area (Å²) in [5.74, 6) is 0. The van der Waals surface area contributed by atoms with E-state index in [0.29, 0.717) is 0 Å². The molecule has 0 aromatic heterocycles. The molecule has 1 fully saturated rings. The molecule has 0 aliphatic carbocycles. The molecule has 16 heavy (non-hydrogen) atoms. The molecule has 0 radical (unpaired) electrons. The summed E-state index contributed by atoms with van der Waals surface area (Å²) in [6.45, 7) is 4.90. The smallest absolute Gasteiger partial charge is 0.00187 e. The van der Waals surface area contributed by atoms with Gasteiger partial charge in [0.25, 0.3) is 0 Å². The molecule has 1 rings (SSSR count). The molecule has 0 bridgehead atoms. The van der Waals surface area contributed by atoms with Crippen LogP contribution in [0.15, 0.2) is 0 Å². The molecule has 96 valence electrons. The van der Waals surface area contributed by atoms with E-state index < -0.39 is 0 Å². The van der Waals surface area contributed by atoms with E-state index in [2.05, 4.69) is 4.90 Å². The monoisotopic (exact) mass is 226 g/mol. The first-order valence-corrected chi connectivity index (χ1v) is 7.36. The van der Waals surface area contributed by atoms with E-state index in [4.69, 9.17) is 5.73 Å². The number of nitrogens with zero attached hydrogens (tertiary/aromatic N) is 1. The van der Waals surface area contributed by atoms with Crippen LogP contribution in [0.5, 0.6) is 0 Å². The molecule has 0 saturated carbocycles. The van der Waals surface area contributed by atoms with Gasteiger partial charge >= 0.3 is 0 Å². The molecule has 1 saturated heterocycles. The number of likely N-dealkylation sites (tertiary alicyclic amines) is 1. The Morgan fingerprint density at radius 3 is 1.94 bits per heavy atom. The third-order valence-electron chi connectivity index (χ3n) is 3.63. The van der Waals surface area contributed by atoms with Gasteiger partial charge in [0.1, 0.15) is 0 Å². The van der Waals surface area contributed by atoms with E-state index in [9.17, 15) is 0 Å². The Labute approximate surface area is 102 Å². The highest BCUT2D eigenvalue weighted by molar-refractivity contribution is 4.62. The molecule has 2 N–H and O–H groups in total. The summed E-state index contributed by atoms with van der Waals surface area (Å²) in [6.07, 6.45) is 13.9. The summed E-state index contributed by atoms with van der Waals surface area (Å²) in [7, 11) is 0. The summed E-state index contributed by atoms with van der Waals surface area (Å²) >= 11 is 0. The Bertz CT molecular complexity index is 140. The van der Waals surface area contributed by atoms with Crippen molar-refractivity contribution >= 4 is 0 Å². The second-order valence-electron chi connectivity index (χ2n) is 5.17. The fourth-order valence-electron chi connectivity index (χ4n) is 2.55. The average Bonchev–Trinajstić information content (AvgIpc) is 2.25.